The molecule has 7 heteroatoms. The molecule has 3 aromatic heterocycles. The average molecular weight is 450 g/mol. The number of H-pyrrole nitrogens is 1. The Bertz CT molecular complexity index is 1400. The highest BCUT2D eigenvalue weighted by atomic mass is 15.2. The minimum absolute atomic E-state index is 0.153. The molecule has 1 unspecified atom stereocenters. The average Bonchev–Trinajstić information content (AvgIpc) is 3.44. The lowest BCUT2D eigenvalue weighted by atomic mass is 10.0. The van der Waals surface area contributed by atoms with Gasteiger partial charge in [-0.05, 0) is 63.3 Å². The highest BCUT2D eigenvalue weighted by Gasteiger charge is 2.26. The molecule has 1 aromatic carbocycles. The van der Waals surface area contributed by atoms with Crippen molar-refractivity contribution in [3.8, 4) is 34.7 Å². The number of aromatic amines is 1. The Morgan fingerprint density at radius 1 is 0.912 bits per heavy atom. The molecule has 34 heavy (non-hydrogen) atoms. The predicted molar refractivity (Wildman–Crippen MR) is 132 cm³/mol. The summed E-state index contributed by atoms with van der Waals surface area (Å²) in [7, 11) is 2.18. The van der Waals surface area contributed by atoms with Crippen LogP contribution >= 0.6 is 0 Å². The first-order valence-electron chi connectivity index (χ1n) is 11.6. The molecule has 0 aliphatic carbocycles. The van der Waals surface area contributed by atoms with Gasteiger partial charge in [-0.25, -0.2) is 4.98 Å². The molecule has 1 fully saturated rings. The SMILES string of the molecule is CC(c1c(-c2ccc(C#N)cc2)nc2ccc(-c3ccc(C#N)[nH]3)cn12)N1CCCN(C)CC1. The van der Waals surface area contributed by atoms with Gasteiger partial charge in [0.2, 0.25) is 0 Å². The summed E-state index contributed by atoms with van der Waals surface area (Å²) in [5, 5.41) is 18.4. The third-order valence-electron chi connectivity index (χ3n) is 6.76. The molecule has 1 saturated heterocycles. The summed E-state index contributed by atoms with van der Waals surface area (Å²) in [5.74, 6) is 0. The molecule has 0 saturated carbocycles. The van der Waals surface area contributed by atoms with Crippen LogP contribution in [0.15, 0.2) is 54.7 Å². The molecular weight excluding hydrogens is 422 g/mol. The van der Waals surface area contributed by atoms with Gasteiger partial charge < -0.3 is 14.3 Å². The number of rotatable bonds is 4. The summed E-state index contributed by atoms with van der Waals surface area (Å²) in [5.41, 5.74) is 7.05. The Balaban J connectivity index is 1.65. The molecule has 4 aromatic rings. The molecular formula is C27H27N7. The molecule has 0 bridgehead atoms. The van der Waals surface area contributed by atoms with Crippen molar-refractivity contribution in [2.75, 3.05) is 33.2 Å². The van der Waals surface area contributed by atoms with Gasteiger partial charge in [-0.1, -0.05) is 12.1 Å². The maximum atomic E-state index is 9.23. The number of pyridine rings is 1. The molecule has 1 N–H and O–H groups in total. The molecule has 5 rings (SSSR count). The number of nitrogens with zero attached hydrogens (tertiary/aromatic N) is 6. The van der Waals surface area contributed by atoms with Crippen molar-refractivity contribution in [1.29, 1.82) is 10.5 Å². The van der Waals surface area contributed by atoms with E-state index in [-0.39, 0.29) is 6.04 Å². The Morgan fingerprint density at radius 2 is 1.71 bits per heavy atom. The minimum Gasteiger partial charge on any atom is -0.346 e. The fraction of sp³-hybridized carbons (Fsp3) is 0.296. The lowest BCUT2D eigenvalue weighted by Gasteiger charge is -2.28. The van der Waals surface area contributed by atoms with Crippen LogP contribution in [0.2, 0.25) is 0 Å². The van der Waals surface area contributed by atoms with Gasteiger partial charge >= 0.3 is 0 Å². The first-order valence-corrected chi connectivity index (χ1v) is 11.6. The van der Waals surface area contributed by atoms with Crippen LogP contribution < -0.4 is 0 Å². The molecule has 4 heterocycles. The van der Waals surface area contributed by atoms with Gasteiger partial charge in [0.05, 0.1) is 23.0 Å². The second kappa shape index (κ2) is 9.15. The third kappa shape index (κ3) is 4.08. The van der Waals surface area contributed by atoms with Crippen molar-refractivity contribution in [3.63, 3.8) is 0 Å². The largest absolute Gasteiger partial charge is 0.346 e. The minimum atomic E-state index is 0.153. The number of nitriles is 2. The number of hydrogen-bond donors (Lipinski definition) is 1. The van der Waals surface area contributed by atoms with Crippen LogP contribution in [0.5, 0.6) is 0 Å². The third-order valence-corrected chi connectivity index (χ3v) is 6.76. The summed E-state index contributed by atoms with van der Waals surface area (Å²) < 4.78 is 2.19. The van der Waals surface area contributed by atoms with E-state index in [0.717, 1.165) is 66.5 Å². The predicted octanol–water partition coefficient (Wildman–Crippen LogP) is 4.44. The number of likely N-dealkylation sites (N-methyl/N-ethyl adjacent to an activating group) is 1. The van der Waals surface area contributed by atoms with Gasteiger partial charge in [0, 0.05) is 48.7 Å². The number of imidazole rings is 1. The van der Waals surface area contributed by atoms with Crippen LogP contribution in [-0.4, -0.2) is 57.4 Å². The Kier molecular flexibility index (Phi) is 5.90. The number of aromatic nitrogens is 3. The van der Waals surface area contributed by atoms with Crippen molar-refractivity contribution in [3.05, 3.63) is 71.7 Å². The van der Waals surface area contributed by atoms with E-state index in [1.165, 1.54) is 0 Å². The summed E-state index contributed by atoms with van der Waals surface area (Å²) in [4.78, 5) is 13.1. The van der Waals surface area contributed by atoms with Crippen LogP contribution in [0.1, 0.15) is 36.3 Å². The van der Waals surface area contributed by atoms with E-state index in [1.54, 1.807) is 6.07 Å². The lowest BCUT2D eigenvalue weighted by molar-refractivity contribution is 0.213. The van der Waals surface area contributed by atoms with Crippen molar-refractivity contribution < 1.29 is 0 Å². The molecule has 0 spiro atoms. The van der Waals surface area contributed by atoms with Gasteiger partial charge in [-0.2, -0.15) is 10.5 Å². The van der Waals surface area contributed by atoms with Crippen molar-refractivity contribution in [1.82, 2.24) is 24.2 Å². The summed E-state index contributed by atoms with van der Waals surface area (Å²) in [6.45, 7) is 6.44. The summed E-state index contributed by atoms with van der Waals surface area (Å²) in [6.07, 6.45) is 3.24. The maximum absolute atomic E-state index is 9.23. The first kappa shape index (κ1) is 21.9. The Labute approximate surface area is 199 Å². The van der Waals surface area contributed by atoms with Crippen LogP contribution in [0.3, 0.4) is 0 Å². The number of nitrogens with one attached hydrogen (secondary N) is 1. The van der Waals surface area contributed by atoms with Crippen LogP contribution in [0, 0.1) is 22.7 Å². The van der Waals surface area contributed by atoms with E-state index in [1.807, 2.05) is 42.5 Å². The normalized spacial score (nSPS) is 16.1. The van der Waals surface area contributed by atoms with Gasteiger partial charge in [0.25, 0.3) is 0 Å². The summed E-state index contributed by atoms with van der Waals surface area (Å²) >= 11 is 0. The first-order chi connectivity index (χ1) is 16.6. The molecule has 1 aliphatic heterocycles. The van der Waals surface area contributed by atoms with Gasteiger partial charge in [-0.15, -0.1) is 0 Å². The van der Waals surface area contributed by atoms with Crippen molar-refractivity contribution >= 4 is 5.65 Å². The Morgan fingerprint density at radius 3 is 2.44 bits per heavy atom. The highest BCUT2D eigenvalue weighted by molar-refractivity contribution is 5.70. The second-order valence-corrected chi connectivity index (χ2v) is 8.95. The van der Waals surface area contributed by atoms with Crippen molar-refractivity contribution in [2.24, 2.45) is 0 Å². The van der Waals surface area contributed by atoms with Gasteiger partial charge in [-0.3, -0.25) is 4.90 Å². The zero-order valence-corrected chi connectivity index (χ0v) is 19.5. The smallest absolute Gasteiger partial charge is 0.137 e. The molecule has 1 aliphatic rings. The van der Waals surface area contributed by atoms with E-state index >= 15 is 0 Å². The number of benzene rings is 1. The van der Waals surface area contributed by atoms with E-state index in [0.29, 0.717) is 11.3 Å². The van der Waals surface area contributed by atoms with Gasteiger partial charge in [0.1, 0.15) is 17.4 Å². The van der Waals surface area contributed by atoms with Crippen LogP contribution in [-0.2, 0) is 0 Å². The maximum Gasteiger partial charge on any atom is 0.137 e. The van der Waals surface area contributed by atoms with E-state index in [9.17, 15) is 10.5 Å². The standard InChI is InChI=1S/C27H27N7/c1-19(33-13-3-12-32(2)14-15-33)27-26(21-6-4-20(16-28)5-7-21)31-25-11-8-22(18-34(25)27)24-10-9-23(17-29)30-24/h4-11,18-19,30H,3,12-15H2,1-2H3. The van der Waals surface area contributed by atoms with E-state index in [4.69, 9.17) is 4.98 Å². The fourth-order valence-electron chi connectivity index (χ4n) is 4.79. The zero-order chi connectivity index (χ0) is 23.7. The Hall–Kier alpha value is -3.91. The van der Waals surface area contributed by atoms with Gasteiger partial charge in [0.15, 0.2) is 0 Å². The molecule has 7 nitrogen and oxygen atoms in total. The van der Waals surface area contributed by atoms with Crippen LogP contribution in [0.4, 0.5) is 0 Å². The molecule has 0 radical (unpaired) electrons. The topological polar surface area (TPSA) is 87.1 Å². The van der Waals surface area contributed by atoms with Crippen LogP contribution in [0.25, 0.3) is 28.2 Å². The zero-order valence-electron chi connectivity index (χ0n) is 19.5. The monoisotopic (exact) mass is 449 g/mol. The van der Waals surface area contributed by atoms with E-state index < -0.39 is 0 Å². The number of hydrogen-bond acceptors (Lipinski definition) is 5. The quantitative estimate of drug-likeness (QED) is 0.498. The molecule has 170 valence electrons. The van der Waals surface area contributed by atoms with E-state index in [2.05, 4.69) is 51.5 Å². The van der Waals surface area contributed by atoms with Crippen molar-refractivity contribution in [2.45, 2.75) is 19.4 Å². The molecule has 1 atom stereocenters. The summed E-state index contributed by atoms with van der Waals surface area (Å²) in [6, 6.07) is 20.0. The lowest BCUT2D eigenvalue weighted by Crippen LogP contribution is -2.32. The molecule has 0 amide bonds. The second-order valence-electron chi connectivity index (χ2n) is 8.95. The highest BCUT2D eigenvalue weighted by Crippen LogP contribution is 2.34. The fourth-order valence-corrected chi connectivity index (χ4v) is 4.79. The number of fused-ring (bicyclic) bond motifs is 1.